The van der Waals surface area contributed by atoms with Crippen LogP contribution < -0.4 is 4.74 Å². The summed E-state index contributed by atoms with van der Waals surface area (Å²) in [6.45, 7) is 0.363. The molecule has 0 atom stereocenters. The van der Waals surface area contributed by atoms with Gasteiger partial charge in [-0.1, -0.05) is 28.9 Å². The molecule has 0 unspecified atom stereocenters. The molecule has 1 heterocycles. The van der Waals surface area contributed by atoms with Crippen LogP contribution in [0.15, 0.2) is 48.5 Å². The summed E-state index contributed by atoms with van der Waals surface area (Å²) >= 11 is 6.00. The molecule has 0 bridgehead atoms. The molecule has 3 rings (SSSR count). The maximum absolute atomic E-state index is 11.5. The Morgan fingerprint density at radius 3 is 2.62 bits per heavy atom. The van der Waals surface area contributed by atoms with Crippen LogP contribution in [-0.4, -0.2) is 33.2 Å². The lowest BCUT2D eigenvalue weighted by Gasteiger charge is -2.08. The summed E-state index contributed by atoms with van der Waals surface area (Å²) in [5.41, 5.74) is 1.94. The molecular weight excluding hydrogens is 330 g/mol. The van der Waals surface area contributed by atoms with Crippen LogP contribution in [0, 0.1) is 0 Å². The van der Waals surface area contributed by atoms with Crippen molar-refractivity contribution in [3.05, 3.63) is 64.8 Å². The van der Waals surface area contributed by atoms with Gasteiger partial charge in [-0.3, -0.25) is 0 Å². The number of halogens is 1. The van der Waals surface area contributed by atoms with Crippen LogP contribution in [0.25, 0.3) is 11.3 Å². The first-order valence-electron chi connectivity index (χ1n) is 7.14. The number of carbonyl (C=O) groups is 1. The molecule has 6 nitrogen and oxygen atoms in total. The molecule has 1 N–H and O–H groups in total. The van der Waals surface area contributed by atoms with Crippen molar-refractivity contribution >= 4 is 17.6 Å². The Morgan fingerprint density at radius 2 is 2.00 bits per heavy atom. The number of nitrogens with zero attached hydrogens (tertiary/aromatic N) is 3. The Labute approximate surface area is 143 Å². The summed E-state index contributed by atoms with van der Waals surface area (Å²) in [5, 5.41) is 17.8. The minimum atomic E-state index is -1.13. The lowest BCUT2D eigenvalue weighted by Crippen LogP contribution is -2.06. The highest BCUT2D eigenvalue weighted by Gasteiger charge is 2.20. The molecule has 0 amide bonds. The Kier molecular flexibility index (Phi) is 4.48. The first-order chi connectivity index (χ1) is 11.6. The Bertz CT molecular complexity index is 875. The van der Waals surface area contributed by atoms with E-state index in [9.17, 15) is 9.90 Å². The second kappa shape index (κ2) is 6.72. The van der Waals surface area contributed by atoms with E-state index in [0.717, 1.165) is 5.56 Å². The van der Waals surface area contributed by atoms with E-state index in [1.165, 1.54) is 0 Å². The molecule has 122 valence electrons. The predicted molar refractivity (Wildman–Crippen MR) is 89.5 cm³/mol. The van der Waals surface area contributed by atoms with Crippen molar-refractivity contribution in [1.82, 2.24) is 15.0 Å². The zero-order chi connectivity index (χ0) is 17.1. The van der Waals surface area contributed by atoms with Crippen molar-refractivity contribution in [2.45, 2.75) is 6.54 Å². The van der Waals surface area contributed by atoms with Gasteiger partial charge in [0.1, 0.15) is 11.4 Å². The molecule has 0 aliphatic rings. The molecule has 1 aromatic heterocycles. The van der Waals surface area contributed by atoms with Crippen LogP contribution in [0.3, 0.4) is 0 Å². The van der Waals surface area contributed by atoms with E-state index >= 15 is 0 Å². The monoisotopic (exact) mass is 343 g/mol. The first-order valence-corrected chi connectivity index (χ1v) is 7.52. The lowest BCUT2D eigenvalue weighted by atomic mass is 10.1. The number of aromatic carboxylic acids is 1. The highest BCUT2D eigenvalue weighted by atomic mass is 35.5. The third-order valence-electron chi connectivity index (χ3n) is 3.52. The van der Waals surface area contributed by atoms with Crippen molar-refractivity contribution in [2.75, 3.05) is 7.11 Å². The van der Waals surface area contributed by atoms with Crippen molar-refractivity contribution in [2.24, 2.45) is 0 Å². The number of carboxylic acids is 1. The molecule has 0 aliphatic heterocycles. The van der Waals surface area contributed by atoms with E-state index in [1.807, 2.05) is 18.2 Å². The van der Waals surface area contributed by atoms with Crippen LogP contribution in [0.1, 0.15) is 16.1 Å². The van der Waals surface area contributed by atoms with Crippen LogP contribution in [0.5, 0.6) is 5.75 Å². The first kappa shape index (κ1) is 16.0. The topological polar surface area (TPSA) is 77.2 Å². The average Bonchev–Trinajstić information content (AvgIpc) is 2.99. The minimum absolute atomic E-state index is 0.0952. The summed E-state index contributed by atoms with van der Waals surface area (Å²) in [7, 11) is 1.57. The smallest absolute Gasteiger partial charge is 0.358 e. The van der Waals surface area contributed by atoms with Crippen molar-refractivity contribution < 1.29 is 14.6 Å². The molecule has 3 aromatic rings. The molecule has 0 aliphatic carbocycles. The summed E-state index contributed by atoms with van der Waals surface area (Å²) < 4.78 is 6.69. The standard InChI is InChI=1S/C17H14ClN3O3/c1-24-14-7-5-12(6-8-14)16-15(17(22)23)19-20-21(16)10-11-3-2-4-13(18)9-11/h2-9H,10H2,1H3,(H,22,23). The Morgan fingerprint density at radius 1 is 1.25 bits per heavy atom. The summed E-state index contributed by atoms with van der Waals surface area (Å²) in [6, 6.07) is 14.4. The number of hydrogen-bond acceptors (Lipinski definition) is 4. The number of aromatic nitrogens is 3. The molecule has 0 saturated carbocycles. The van der Waals surface area contributed by atoms with E-state index < -0.39 is 5.97 Å². The average molecular weight is 344 g/mol. The molecule has 0 radical (unpaired) electrons. The SMILES string of the molecule is COc1ccc(-c2c(C(=O)O)nnn2Cc2cccc(Cl)c2)cc1. The number of hydrogen-bond donors (Lipinski definition) is 1. The van der Waals surface area contributed by atoms with Crippen LogP contribution >= 0.6 is 11.6 Å². The Hall–Kier alpha value is -2.86. The van der Waals surface area contributed by atoms with Crippen LogP contribution in [0.2, 0.25) is 5.02 Å². The van der Waals surface area contributed by atoms with E-state index in [4.69, 9.17) is 16.3 Å². The van der Waals surface area contributed by atoms with E-state index in [1.54, 1.807) is 42.1 Å². The van der Waals surface area contributed by atoms with Crippen molar-refractivity contribution in [3.63, 3.8) is 0 Å². The molecule has 0 spiro atoms. The van der Waals surface area contributed by atoms with Gasteiger partial charge in [-0.05, 0) is 42.0 Å². The van der Waals surface area contributed by atoms with Crippen LogP contribution in [-0.2, 0) is 6.54 Å². The third-order valence-corrected chi connectivity index (χ3v) is 3.76. The van der Waals surface area contributed by atoms with Gasteiger partial charge in [0.2, 0.25) is 0 Å². The van der Waals surface area contributed by atoms with Gasteiger partial charge in [-0.15, -0.1) is 5.10 Å². The molecule has 7 heteroatoms. The van der Waals surface area contributed by atoms with Gasteiger partial charge in [0.25, 0.3) is 0 Å². The molecule has 24 heavy (non-hydrogen) atoms. The maximum Gasteiger partial charge on any atom is 0.358 e. The zero-order valence-electron chi connectivity index (χ0n) is 12.8. The fourth-order valence-electron chi connectivity index (χ4n) is 2.41. The van der Waals surface area contributed by atoms with E-state index in [0.29, 0.717) is 28.6 Å². The second-order valence-corrected chi connectivity index (χ2v) is 5.54. The van der Waals surface area contributed by atoms with Crippen molar-refractivity contribution in [1.29, 1.82) is 0 Å². The van der Waals surface area contributed by atoms with Gasteiger partial charge in [0.05, 0.1) is 13.7 Å². The second-order valence-electron chi connectivity index (χ2n) is 5.11. The number of benzene rings is 2. The zero-order valence-corrected chi connectivity index (χ0v) is 13.6. The highest BCUT2D eigenvalue weighted by molar-refractivity contribution is 6.30. The predicted octanol–water partition coefficient (Wildman–Crippen LogP) is 3.35. The maximum atomic E-state index is 11.5. The van der Waals surface area contributed by atoms with Crippen LogP contribution in [0.4, 0.5) is 0 Å². The lowest BCUT2D eigenvalue weighted by molar-refractivity contribution is 0.0691. The van der Waals surface area contributed by atoms with Gasteiger partial charge < -0.3 is 9.84 Å². The van der Waals surface area contributed by atoms with Gasteiger partial charge in [-0.25, -0.2) is 9.48 Å². The van der Waals surface area contributed by atoms with Gasteiger partial charge in [0.15, 0.2) is 5.69 Å². The van der Waals surface area contributed by atoms with E-state index in [-0.39, 0.29) is 5.69 Å². The molecule has 2 aromatic carbocycles. The van der Waals surface area contributed by atoms with Gasteiger partial charge in [-0.2, -0.15) is 0 Å². The normalized spacial score (nSPS) is 10.6. The summed E-state index contributed by atoms with van der Waals surface area (Å²) in [4.78, 5) is 11.5. The highest BCUT2D eigenvalue weighted by Crippen LogP contribution is 2.25. The number of carboxylic acid groups (broad SMARTS) is 1. The van der Waals surface area contributed by atoms with E-state index in [2.05, 4.69) is 10.3 Å². The summed E-state index contributed by atoms with van der Waals surface area (Å²) in [6.07, 6.45) is 0. The molecule has 0 fully saturated rings. The molecule has 0 saturated heterocycles. The minimum Gasteiger partial charge on any atom is -0.497 e. The number of rotatable bonds is 5. The number of ether oxygens (including phenoxy) is 1. The fraction of sp³-hybridized carbons (Fsp3) is 0.118. The fourth-order valence-corrected chi connectivity index (χ4v) is 2.62. The van der Waals surface area contributed by atoms with Crippen molar-refractivity contribution in [3.8, 4) is 17.0 Å². The third kappa shape index (κ3) is 3.23. The summed E-state index contributed by atoms with van der Waals surface area (Å²) in [5.74, 6) is -0.442. The quantitative estimate of drug-likeness (QED) is 0.768. The number of methoxy groups -OCH3 is 1. The molecular formula is C17H14ClN3O3. The Balaban J connectivity index is 2.05. The van der Waals surface area contributed by atoms with Gasteiger partial charge >= 0.3 is 5.97 Å². The van der Waals surface area contributed by atoms with Gasteiger partial charge in [0, 0.05) is 10.6 Å². The largest absolute Gasteiger partial charge is 0.497 e.